The van der Waals surface area contributed by atoms with Gasteiger partial charge in [-0.3, -0.25) is 4.90 Å². The van der Waals surface area contributed by atoms with Gasteiger partial charge in [-0.15, -0.1) is 0 Å². The van der Waals surface area contributed by atoms with Crippen molar-refractivity contribution in [2.75, 3.05) is 39.3 Å². The zero-order valence-corrected chi connectivity index (χ0v) is 13.7. The molecule has 0 aliphatic carbocycles. The molecule has 3 heteroatoms. The lowest BCUT2D eigenvalue weighted by Crippen LogP contribution is -2.42. The van der Waals surface area contributed by atoms with Crippen LogP contribution in [0.5, 0.6) is 0 Å². The van der Waals surface area contributed by atoms with Crippen LogP contribution in [0.15, 0.2) is 0 Å². The van der Waals surface area contributed by atoms with Crippen molar-refractivity contribution in [3.8, 4) is 0 Å². The van der Waals surface area contributed by atoms with Gasteiger partial charge < -0.3 is 9.64 Å². The Bertz CT molecular complexity index is 289. The van der Waals surface area contributed by atoms with Gasteiger partial charge in [-0.05, 0) is 53.4 Å². The van der Waals surface area contributed by atoms with Crippen molar-refractivity contribution >= 4 is 0 Å². The average Bonchev–Trinajstić information content (AvgIpc) is 2.71. The van der Waals surface area contributed by atoms with E-state index in [2.05, 4.69) is 51.3 Å². The second kappa shape index (κ2) is 5.34. The van der Waals surface area contributed by atoms with Crippen molar-refractivity contribution in [1.29, 1.82) is 0 Å². The molecule has 0 spiro atoms. The third-order valence-electron chi connectivity index (χ3n) is 4.45. The van der Waals surface area contributed by atoms with Crippen molar-refractivity contribution in [3.63, 3.8) is 0 Å². The first-order chi connectivity index (χ1) is 8.65. The lowest BCUT2D eigenvalue weighted by molar-refractivity contribution is -0.0121. The molecule has 0 amide bonds. The monoisotopic (exact) mass is 268 g/mol. The molecular weight excluding hydrogens is 236 g/mol. The standard InChI is InChI=1S/C16H32N2O/c1-15(2,3)18-11-13-9-17(10-14(13)12-18)7-8-19-16(4,5)6/h13-14H,7-12H2,1-6H3. The molecule has 112 valence electrons. The number of rotatable bonds is 3. The number of likely N-dealkylation sites (tertiary alicyclic amines) is 2. The normalized spacial score (nSPS) is 30.0. The van der Waals surface area contributed by atoms with Crippen LogP contribution in [0.25, 0.3) is 0 Å². The highest BCUT2D eigenvalue weighted by Gasteiger charge is 2.42. The van der Waals surface area contributed by atoms with Crippen LogP contribution in [0.2, 0.25) is 0 Å². The fourth-order valence-corrected chi connectivity index (χ4v) is 3.30. The summed E-state index contributed by atoms with van der Waals surface area (Å²) in [6, 6.07) is 0. The Morgan fingerprint density at radius 3 is 1.84 bits per heavy atom. The summed E-state index contributed by atoms with van der Waals surface area (Å²) in [5, 5.41) is 0. The number of hydrogen-bond donors (Lipinski definition) is 0. The summed E-state index contributed by atoms with van der Waals surface area (Å²) >= 11 is 0. The quantitative estimate of drug-likeness (QED) is 0.782. The van der Waals surface area contributed by atoms with Crippen LogP contribution in [-0.4, -0.2) is 60.3 Å². The fraction of sp³-hybridized carbons (Fsp3) is 1.00. The van der Waals surface area contributed by atoms with Gasteiger partial charge in [-0.2, -0.15) is 0 Å². The van der Waals surface area contributed by atoms with E-state index in [1.54, 1.807) is 0 Å². The Balaban J connectivity index is 1.73. The third-order valence-corrected chi connectivity index (χ3v) is 4.45. The van der Waals surface area contributed by atoms with Gasteiger partial charge in [0.05, 0.1) is 12.2 Å². The first-order valence-corrected chi connectivity index (χ1v) is 7.76. The largest absolute Gasteiger partial charge is 0.375 e. The number of fused-ring (bicyclic) bond motifs is 1. The van der Waals surface area contributed by atoms with E-state index in [1.165, 1.54) is 26.2 Å². The molecule has 2 fully saturated rings. The van der Waals surface area contributed by atoms with E-state index in [4.69, 9.17) is 4.74 Å². The van der Waals surface area contributed by atoms with E-state index in [0.29, 0.717) is 5.54 Å². The van der Waals surface area contributed by atoms with Crippen molar-refractivity contribution in [1.82, 2.24) is 9.80 Å². The van der Waals surface area contributed by atoms with Crippen LogP contribution in [0.3, 0.4) is 0 Å². The van der Waals surface area contributed by atoms with E-state index in [1.807, 2.05) is 0 Å². The molecular formula is C16H32N2O. The maximum atomic E-state index is 5.84. The predicted molar refractivity (Wildman–Crippen MR) is 80.5 cm³/mol. The molecule has 0 aromatic heterocycles. The summed E-state index contributed by atoms with van der Waals surface area (Å²) < 4.78 is 5.84. The van der Waals surface area contributed by atoms with Gasteiger partial charge in [-0.1, -0.05) is 0 Å². The van der Waals surface area contributed by atoms with Gasteiger partial charge in [0.15, 0.2) is 0 Å². The molecule has 0 saturated carbocycles. The van der Waals surface area contributed by atoms with Crippen molar-refractivity contribution < 1.29 is 4.74 Å². The first kappa shape index (κ1) is 15.3. The molecule has 2 aliphatic rings. The molecule has 0 N–H and O–H groups in total. The third kappa shape index (κ3) is 4.17. The van der Waals surface area contributed by atoms with E-state index in [9.17, 15) is 0 Å². The van der Waals surface area contributed by atoms with Gasteiger partial charge in [0.1, 0.15) is 0 Å². The summed E-state index contributed by atoms with van der Waals surface area (Å²) in [7, 11) is 0. The molecule has 19 heavy (non-hydrogen) atoms. The highest BCUT2D eigenvalue weighted by Crippen LogP contribution is 2.34. The Hall–Kier alpha value is -0.120. The topological polar surface area (TPSA) is 15.7 Å². The van der Waals surface area contributed by atoms with E-state index >= 15 is 0 Å². The predicted octanol–water partition coefficient (Wildman–Crippen LogP) is 2.46. The van der Waals surface area contributed by atoms with Crippen LogP contribution in [0, 0.1) is 11.8 Å². The van der Waals surface area contributed by atoms with Crippen LogP contribution in [0.4, 0.5) is 0 Å². The zero-order chi connectivity index (χ0) is 14.3. The molecule has 0 aromatic carbocycles. The molecule has 2 heterocycles. The van der Waals surface area contributed by atoms with Gasteiger partial charge in [0.2, 0.25) is 0 Å². The van der Waals surface area contributed by atoms with Gasteiger partial charge in [-0.25, -0.2) is 0 Å². The molecule has 2 aliphatic heterocycles. The number of nitrogens with zero attached hydrogens (tertiary/aromatic N) is 2. The van der Waals surface area contributed by atoms with Crippen LogP contribution in [0.1, 0.15) is 41.5 Å². The smallest absolute Gasteiger partial charge is 0.0600 e. The molecule has 0 radical (unpaired) electrons. The van der Waals surface area contributed by atoms with E-state index in [-0.39, 0.29) is 5.60 Å². The first-order valence-electron chi connectivity index (χ1n) is 7.76. The number of ether oxygens (including phenoxy) is 1. The van der Waals surface area contributed by atoms with Gasteiger partial charge in [0.25, 0.3) is 0 Å². The maximum absolute atomic E-state index is 5.84. The Kier molecular flexibility index (Phi) is 4.29. The second-order valence-electron chi connectivity index (χ2n) is 8.32. The minimum atomic E-state index is -0.00136. The summed E-state index contributed by atoms with van der Waals surface area (Å²) in [6.45, 7) is 20.5. The van der Waals surface area contributed by atoms with Gasteiger partial charge >= 0.3 is 0 Å². The van der Waals surface area contributed by atoms with Crippen LogP contribution < -0.4 is 0 Å². The highest BCUT2D eigenvalue weighted by molar-refractivity contribution is 4.96. The van der Waals surface area contributed by atoms with Gasteiger partial charge in [0, 0.05) is 38.3 Å². The minimum absolute atomic E-state index is 0.00136. The van der Waals surface area contributed by atoms with Crippen LogP contribution >= 0.6 is 0 Å². The van der Waals surface area contributed by atoms with E-state index < -0.39 is 0 Å². The fourth-order valence-electron chi connectivity index (χ4n) is 3.30. The van der Waals surface area contributed by atoms with Crippen molar-refractivity contribution in [2.24, 2.45) is 11.8 Å². The molecule has 2 atom stereocenters. The summed E-state index contributed by atoms with van der Waals surface area (Å²) in [5.74, 6) is 1.77. The molecule has 2 unspecified atom stereocenters. The minimum Gasteiger partial charge on any atom is -0.375 e. The molecule has 3 nitrogen and oxygen atoms in total. The lowest BCUT2D eigenvalue weighted by atomic mass is 10.0. The Labute approximate surface area is 119 Å². The molecule has 2 rings (SSSR count). The Morgan fingerprint density at radius 1 is 0.895 bits per heavy atom. The summed E-state index contributed by atoms with van der Waals surface area (Å²) in [4.78, 5) is 5.26. The summed E-state index contributed by atoms with van der Waals surface area (Å²) in [5.41, 5.74) is 0.336. The summed E-state index contributed by atoms with van der Waals surface area (Å²) in [6.07, 6.45) is 0. The van der Waals surface area contributed by atoms with Crippen molar-refractivity contribution in [2.45, 2.75) is 52.7 Å². The second-order valence-corrected chi connectivity index (χ2v) is 8.32. The SMILES string of the molecule is CC(C)(C)OCCN1CC2CN(C(C)(C)C)CC2C1. The molecule has 0 aromatic rings. The maximum Gasteiger partial charge on any atom is 0.0600 e. The zero-order valence-electron chi connectivity index (χ0n) is 13.7. The van der Waals surface area contributed by atoms with Crippen LogP contribution in [-0.2, 0) is 4.74 Å². The van der Waals surface area contributed by atoms with Crippen molar-refractivity contribution in [3.05, 3.63) is 0 Å². The highest BCUT2D eigenvalue weighted by atomic mass is 16.5. The molecule has 0 bridgehead atoms. The number of hydrogen-bond acceptors (Lipinski definition) is 3. The lowest BCUT2D eigenvalue weighted by Gasteiger charge is -2.33. The van der Waals surface area contributed by atoms with E-state index in [0.717, 1.165) is 25.0 Å². The average molecular weight is 268 g/mol. The Morgan fingerprint density at radius 2 is 1.42 bits per heavy atom. The molecule has 2 saturated heterocycles.